The molecule has 2 aromatic carbocycles. The maximum absolute atomic E-state index is 14.2. The molecule has 5 heteroatoms. The highest BCUT2D eigenvalue weighted by Crippen LogP contribution is 2.30. The van der Waals surface area contributed by atoms with Gasteiger partial charge in [0.05, 0.1) is 23.7 Å². The van der Waals surface area contributed by atoms with E-state index in [1.807, 2.05) is 18.2 Å². The number of hydrogen-bond acceptors (Lipinski definition) is 2. The van der Waals surface area contributed by atoms with Crippen molar-refractivity contribution < 1.29 is 13.5 Å². The highest BCUT2D eigenvalue weighted by Gasteiger charge is 2.21. The van der Waals surface area contributed by atoms with Crippen LogP contribution in [0.5, 0.6) is 0 Å². The van der Waals surface area contributed by atoms with Gasteiger partial charge in [0.25, 0.3) is 0 Å². The minimum atomic E-state index is -0.476. The molecule has 2 nitrogen and oxygen atoms in total. The van der Waals surface area contributed by atoms with Gasteiger partial charge in [-0.25, -0.2) is 8.78 Å². The fourth-order valence-corrected chi connectivity index (χ4v) is 2.95. The van der Waals surface area contributed by atoms with E-state index in [4.69, 9.17) is 4.74 Å². The smallest absolute Gasteiger partial charge is 0.137 e. The normalized spacial score (nSPS) is 15.0. The zero-order chi connectivity index (χ0) is 15.0. The Kier molecular flexibility index (Phi) is 4.06. The Morgan fingerprint density at radius 1 is 1.10 bits per heavy atom. The van der Waals surface area contributed by atoms with Crippen LogP contribution in [0.2, 0.25) is 0 Å². The van der Waals surface area contributed by atoms with Crippen molar-refractivity contribution in [1.29, 1.82) is 0 Å². The average Bonchev–Trinajstić information content (AvgIpc) is 2.92. The van der Waals surface area contributed by atoms with Crippen molar-refractivity contribution in [3.8, 4) is 0 Å². The molecule has 1 unspecified atom stereocenters. The summed E-state index contributed by atoms with van der Waals surface area (Å²) in [6, 6.07) is 7.88. The highest BCUT2D eigenvalue weighted by molar-refractivity contribution is 9.10. The van der Waals surface area contributed by atoms with E-state index in [1.54, 1.807) is 7.05 Å². The topological polar surface area (TPSA) is 21.3 Å². The molecule has 0 spiro atoms. The van der Waals surface area contributed by atoms with Crippen molar-refractivity contribution in [3.05, 3.63) is 68.7 Å². The third-order valence-corrected chi connectivity index (χ3v) is 4.33. The number of halogens is 3. The van der Waals surface area contributed by atoms with Gasteiger partial charge in [-0.15, -0.1) is 0 Å². The zero-order valence-corrected chi connectivity index (χ0v) is 13.0. The first-order chi connectivity index (χ1) is 10.1. The Morgan fingerprint density at radius 2 is 1.86 bits per heavy atom. The molecule has 1 atom stereocenters. The summed E-state index contributed by atoms with van der Waals surface area (Å²) < 4.78 is 33.4. The van der Waals surface area contributed by atoms with Crippen molar-refractivity contribution in [1.82, 2.24) is 5.32 Å². The summed E-state index contributed by atoms with van der Waals surface area (Å²) in [7, 11) is 1.73. The predicted octanol–water partition coefficient (Wildman–Crippen LogP) is 4.07. The van der Waals surface area contributed by atoms with Gasteiger partial charge in [-0.3, -0.25) is 0 Å². The van der Waals surface area contributed by atoms with E-state index in [2.05, 4.69) is 21.2 Å². The first kappa shape index (κ1) is 14.6. The number of fused-ring (bicyclic) bond motifs is 1. The van der Waals surface area contributed by atoms with Crippen LogP contribution in [0.1, 0.15) is 28.3 Å². The van der Waals surface area contributed by atoms with E-state index in [0.29, 0.717) is 13.2 Å². The van der Waals surface area contributed by atoms with Crippen LogP contribution in [0.3, 0.4) is 0 Å². The molecule has 0 aliphatic carbocycles. The maximum atomic E-state index is 14.2. The van der Waals surface area contributed by atoms with E-state index >= 15 is 0 Å². The third kappa shape index (κ3) is 2.73. The standard InChI is InChI=1S/C16H14BrF2NO/c1-20-16(12-5-15(19)13(17)6-14(12)18)9-2-3-10-7-21-8-11(10)4-9/h2-6,16,20H,7-8H2,1H3. The Balaban J connectivity index is 2.04. The minimum absolute atomic E-state index is 0.126. The van der Waals surface area contributed by atoms with E-state index in [1.165, 1.54) is 6.07 Å². The SMILES string of the molecule is CNC(c1ccc2c(c1)COC2)c1cc(F)c(Br)cc1F. The van der Waals surface area contributed by atoms with Crippen molar-refractivity contribution in [2.75, 3.05) is 7.05 Å². The molecule has 3 rings (SSSR count). The van der Waals surface area contributed by atoms with Gasteiger partial charge in [0, 0.05) is 5.56 Å². The summed E-state index contributed by atoms with van der Waals surface area (Å²) in [6.07, 6.45) is 0. The molecule has 0 bridgehead atoms. The van der Waals surface area contributed by atoms with Crippen molar-refractivity contribution in [3.63, 3.8) is 0 Å². The summed E-state index contributed by atoms with van der Waals surface area (Å²) in [5.41, 5.74) is 3.43. The lowest BCUT2D eigenvalue weighted by Gasteiger charge is -2.19. The van der Waals surface area contributed by atoms with Gasteiger partial charge in [0.1, 0.15) is 11.6 Å². The molecular weight excluding hydrogens is 340 g/mol. The second-order valence-corrected chi connectivity index (χ2v) is 5.88. The molecule has 0 amide bonds. The van der Waals surface area contributed by atoms with E-state index in [-0.39, 0.29) is 10.0 Å². The zero-order valence-electron chi connectivity index (χ0n) is 11.4. The molecule has 0 radical (unpaired) electrons. The number of rotatable bonds is 3. The highest BCUT2D eigenvalue weighted by atomic mass is 79.9. The lowest BCUT2D eigenvalue weighted by Crippen LogP contribution is -2.19. The van der Waals surface area contributed by atoms with Gasteiger partial charge in [-0.2, -0.15) is 0 Å². The molecule has 1 heterocycles. The molecule has 1 aliphatic heterocycles. The fraction of sp³-hybridized carbons (Fsp3) is 0.250. The van der Waals surface area contributed by atoms with Gasteiger partial charge in [0.2, 0.25) is 0 Å². The fourth-order valence-electron chi connectivity index (χ4n) is 2.63. The lowest BCUT2D eigenvalue weighted by atomic mass is 9.95. The molecule has 110 valence electrons. The summed E-state index contributed by atoms with van der Waals surface area (Å²) >= 11 is 3.00. The largest absolute Gasteiger partial charge is 0.372 e. The van der Waals surface area contributed by atoms with Crippen molar-refractivity contribution >= 4 is 15.9 Å². The quantitative estimate of drug-likeness (QED) is 0.840. The van der Waals surface area contributed by atoms with Crippen LogP contribution in [-0.2, 0) is 18.0 Å². The Hall–Kier alpha value is -1.30. The summed E-state index contributed by atoms with van der Waals surface area (Å²) in [5.74, 6) is -0.921. The first-order valence-electron chi connectivity index (χ1n) is 6.61. The monoisotopic (exact) mass is 353 g/mol. The summed E-state index contributed by atoms with van der Waals surface area (Å²) in [6.45, 7) is 1.18. The molecule has 0 saturated heterocycles. The lowest BCUT2D eigenvalue weighted by molar-refractivity contribution is 0.134. The molecule has 0 fully saturated rings. The first-order valence-corrected chi connectivity index (χ1v) is 7.40. The Bertz CT molecular complexity index is 690. The van der Waals surface area contributed by atoms with E-state index in [9.17, 15) is 8.78 Å². The van der Waals surface area contributed by atoms with Crippen LogP contribution in [0.25, 0.3) is 0 Å². The van der Waals surface area contributed by atoms with Gasteiger partial charge >= 0.3 is 0 Å². The number of hydrogen-bond donors (Lipinski definition) is 1. The van der Waals surface area contributed by atoms with Gasteiger partial charge in [-0.1, -0.05) is 18.2 Å². The summed E-state index contributed by atoms with van der Waals surface area (Å²) in [4.78, 5) is 0. The van der Waals surface area contributed by atoms with Crippen molar-refractivity contribution in [2.24, 2.45) is 0 Å². The predicted molar refractivity (Wildman–Crippen MR) is 79.9 cm³/mol. The molecule has 2 aromatic rings. The number of benzene rings is 2. The molecule has 0 saturated carbocycles. The van der Waals surface area contributed by atoms with Gasteiger partial charge in [-0.05, 0) is 51.8 Å². The van der Waals surface area contributed by atoms with Crippen LogP contribution in [0, 0.1) is 11.6 Å². The van der Waals surface area contributed by atoms with Crippen LogP contribution in [0.4, 0.5) is 8.78 Å². The average molecular weight is 354 g/mol. The molecule has 1 aliphatic rings. The maximum Gasteiger partial charge on any atom is 0.137 e. The van der Waals surface area contributed by atoms with E-state index < -0.39 is 17.7 Å². The Morgan fingerprint density at radius 3 is 2.62 bits per heavy atom. The number of ether oxygens (including phenoxy) is 1. The molecule has 1 N–H and O–H groups in total. The second kappa shape index (κ2) is 5.83. The molecular formula is C16H14BrF2NO. The van der Waals surface area contributed by atoms with Crippen LogP contribution in [-0.4, -0.2) is 7.05 Å². The summed E-state index contributed by atoms with van der Waals surface area (Å²) in [5, 5.41) is 3.05. The van der Waals surface area contributed by atoms with Gasteiger partial charge < -0.3 is 10.1 Å². The third-order valence-electron chi connectivity index (χ3n) is 3.72. The molecule has 21 heavy (non-hydrogen) atoms. The molecule has 0 aromatic heterocycles. The Labute approximate surface area is 130 Å². The van der Waals surface area contributed by atoms with Gasteiger partial charge in [0.15, 0.2) is 0 Å². The van der Waals surface area contributed by atoms with Crippen LogP contribution < -0.4 is 5.32 Å². The van der Waals surface area contributed by atoms with Crippen LogP contribution >= 0.6 is 15.9 Å². The van der Waals surface area contributed by atoms with Crippen LogP contribution in [0.15, 0.2) is 34.8 Å². The minimum Gasteiger partial charge on any atom is -0.372 e. The number of nitrogens with one attached hydrogen (secondary N) is 1. The van der Waals surface area contributed by atoms with E-state index in [0.717, 1.165) is 22.8 Å². The van der Waals surface area contributed by atoms with Crippen molar-refractivity contribution in [2.45, 2.75) is 19.3 Å². The second-order valence-electron chi connectivity index (χ2n) is 5.03.